The third-order valence-electron chi connectivity index (χ3n) is 3.43. The Morgan fingerprint density at radius 3 is 2.71 bits per heavy atom. The number of aliphatic hydroxyl groups is 1. The molecule has 0 aromatic heterocycles. The van der Waals surface area contributed by atoms with Crippen molar-refractivity contribution in [1.82, 2.24) is 5.32 Å². The van der Waals surface area contributed by atoms with Crippen LogP contribution in [0.25, 0.3) is 0 Å². The Bertz CT molecular complexity index is 180. The molecule has 82 valence electrons. The summed E-state index contributed by atoms with van der Waals surface area (Å²) in [5.74, 6) is 0. The Kier molecular flexibility index (Phi) is 3.42. The van der Waals surface area contributed by atoms with Crippen LogP contribution in [-0.2, 0) is 4.74 Å². The quantitative estimate of drug-likeness (QED) is 0.711. The molecule has 2 aliphatic carbocycles. The van der Waals surface area contributed by atoms with E-state index in [-0.39, 0.29) is 6.10 Å². The van der Waals surface area contributed by atoms with Gasteiger partial charge < -0.3 is 15.2 Å². The number of ether oxygens (including phenoxy) is 1. The van der Waals surface area contributed by atoms with Crippen molar-refractivity contribution in [1.29, 1.82) is 0 Å². The van der Waals surface area contributed by atoms with Crippen LogP contribution >= 0.6 is 0 Å². The van der Waals surface area contributed by atoms with Crippen LogP contribution in [-0.4, -0.2) is 36.0 Å². The molecule has 0 heterocycles. The molecule has 0 amide bonds. The van der Waals surface area contributed by atoms with Crippen LogP contribution in [0.1, 0.15) is 39.0 Å². The van der Waals surface area contributed by atoms with E-state index in [1.54, 1.807) is 0 Å². The van der Waals surface area contributed by atoms with Crippen LogP contribution in [0.5, 0.6) is 0 Å². The van der Waals surface area contributed by atoms with E-state index in [2.05, 4.69) is 5.32 Å². The van der Waals surface area contributed by atoms with Gasteiger partial charge in [-0.25, -0.2) is 0 Å². The van der Waals surface area contributed by atoms with Gasteiger partial charge in [-0.2, -0.15) is 0 Å². The van der Waals surface area contributed by atoms with Crippen LogP contribution in [0, 0.1) is 0 Å². The predicted molar refractivity (Wildman–Crippen MR) is 55.2 cm³/mol. The van der Waals surface area contributed by atoms with Crippen molar-refractivity contribution in [2.45, 2.75) is 63.3 Å². The molecule has 0 unspecified atom stereocenters. The fourth-order valence-corrected chi connectivity index (χ4v) is 2.51. The van der Waals surface area contributed by atoms with Crippen molar-refractivity contribution >= 4 is 0 Å². The smallest absolute Gasteiger partial charge is 0.0693 e. The zero-order chi connectivity index (χ0) is 9.97. The standard InChI is InChI=1S/C11H21NO2/c1-2-14-9-6-8(7-9)12-10-4-3-5-11(10)13/h8-13H,2-7H2,1H3/t8?,9?,10-,11-/m0/s1. The van der Waals surface area contributed by atoms with E-state index >= 15 is 0 Å². The lowest BCUT2D eigenvalue weighted by Gasteiger charge is -2.37. The maximum atomic E-state index is 9.63. The van der Waals surface area contributed by atoms with Crippen LogP contribution in [0.15, 0.2) is 0 Å². The second kappa shape index (κ2) is 4.60. The summed E-state index contributed by atoms with van der Waals surface area (Å²) in [5, 5.41) is 13.2. The summed E-state index contributed by atoms with van der Waals surface area (Å²) in [6, 6.07) is 0.937. The summed E-state index contributed by atoms with van der Waals surface area (Å²) in [7, 11) is 0. The highest BCUT2D eigenvalue weighted by Gasteiger charge is 2.34. The first kappa shape index (κ1) is 10.4. The molecule has 0 spiro atoms. The molecule has 0 aliphatic heterocycles. The van der Waals surface area contributed by atoms with Crippen LogP contribution in [0.2, 0.25) is 0 Å². The SMILES string of the molecule is CCOC1CC(N[C@H]2CCC[C@@H]2O)C1. The highest BCUT2D eigenvalue weighted by atomic mass is 16.5. The van der Waals surface area contributed by atoms with Gasteiger partial charge in [0.2, 0.25) is 0 Å². The Balaban J connectivity index is 1.63. The highest BCUT2D eigenvalue weighted by Crippen LogP contribution is 2.27. The molecule has 2 fully saturated rings. The third kappa shape index (κ3) is 2.27. The molecule has 2 aliphatic rings. The molecule has 14 heavy (non-hydrogen) atoms. The fraction of sp³-hybridized carbons (Fsp3) is 1.00. The number of nitrogens with one attached hydrogen (secondary N) is 1. The van der Waals surface area contributed by atoms with Gasteiger partial charge in [0.1, 0.15) is 0 Å². The van der Waals surface area contributed by atoms with Crippen molar-refractivity contribution in [3.8, 4) is 0 Å². The monoisotopic (exact) mass is 199 g/mol. The van der Waals surface area contributed by atoms with E-state index < -0.39 is 0 Å². The topological polar surface area (TPSA) is 41.5 Å². The van der Waals surface area contributed by atoms with Crippen molar-refractivity contribution in [2.75, 3.05) is 6.61 Å². The fourth-order valence-electron chi connectivity index (χ4n) is 2.51. The summed E-state index contributed by atoms with van der Waals surface area (Å²) < 4.78 is 5.50. The van der Waals surface area contributed by atoms with Crippen molar-refractivity contribution in [3.05, 3.63) is 0 Å². The van der Waals surface area contributed by atoms with E-state index in [4.69, 9.17) is 4.74 Å². The second-order valence-electron chi connectivity index (χ2n) is 4.52. The van der Waals surface area contributed by atoms with Gasteiger partial charge in [-0.15, -0.1) is 0 Å². The Morgan fingerprint density at radius 1 is 1.36 bits per heavy atom. The summed E-state index contributed by atoms with van der Waals surface area (Å²) >= 11 is 0. The zero-order valence-corrected chi connectivity index (χ0v) is 8.91. The van der Waals surface area contributed by atoms with Gasteiger partial charge in [0, 0.05) is 18.7 Å². The summed E-state index contributed by atoms with van der Waals surface area (Å²) in [4.78, 5) is 0. The number of hydrogen-bond acceptors (Lipinski definition) is 3. The molecule has 0 saturated heterocycles. The first-order valence-electron chi connectivity index (χ1n) is 5.85. The predicted octanol–water partition coefficient (Wildman–Crippen LogP) is 1.06. The van der Waals surface area contributed by atoms with E-state index in [0.29, 0.717) is 18.2 Å². The van der Waals surface area contributed by atoms with Crippen LogP contribution < -0.4 is 5.32 Å². The molecule has 2 atom stereocenters. The third-order valence-corrected chi connectivity index (χ3v) is 3.43. The number of hydrogen-bond donors (Lipinski definition) is 2. The molecule has 0 aromatic carbocycles. The molecule has 2 saturated carbocycles. The molecule has 3 nitrogen and oxygen atoms in total. The number of rotatable bonds is 4. The summed E-state index contributed by atoms with van der Waals surface area (Å²) in [6.07, 6.45) is 5.88. The minimum atomic E-state index is -0.110. The van der Waals surface area contributed by atoms with Crippen molar-refractivity contribution < 1.29 is 9.84 Å². The molecule has 0 bridgehead atoms. The van der Waals surface area contributed by atoms with Gasteiger partial charge in [-0.05, 0) is 39.0 Å². The highest BCUT2D eigenvalue weighted by molar-refractivity contribution is 4.92. The second-order valence-corrected chi connectivity index (χ2v) is 4.52. The Morgan fingerprint density at radius 2 is 2.14 bits per heavy atom. The minimum Gasteiger partial charge on any atom is -0.392 e. The van der Waals surface area contributed by atoms with Gasteiger partial charge in [0.25, 0.3) is 0 Å². The number of aliphatic hydroxyl groups excluding tert-OH is 1. The maximum absolute atomic E-state index is 9.63. The lowest BCUT2D eigenvalue weighted by atomic mass is 9.88. The molecule has 3 heteroatoms. The van der Waals surface area contributed by atoms with Crippen molar-refractivity contribution in [3.63, 3.8) is 0 Å². The average Bonchev–Trinajstić information content (AvgIpc) is 2.48. The van der Waals surface area contributed by atoms with E-state index in [1.807, 2.05) is 6.92 Å². The molecular formula is C11H21NO2. The Labute approximate surface area is 85.8 Å². The van der Waals surface area contributed by atoms with Gasteiger partial charge in [-0.3, -0.25) is 0 Å². The molecule has 0 aromatic rings. The van der Waals surface area contributed by atoms with Gasteiger partial charge >= 0.3 is 0 Å². The van der Waals surface area contributed by atoms with E-state index in [1.165, 1.54) is 6.42 Å². The maximum Gasteiger partial charge on any atom is 0.0693 e. The van der Waals surface area contributed by atoms with Gasteiger partial charge in [-0.1, -0.05) is 0 Å². The molecule has 2 rings (SSSR count). The first-order valence-corrected chi connectivity index (χ1v) is 5.85. The van der Waals surface area contributed by atoms with Crippen molar-refractivity contribution in [2.24, 2.45) is 0 Å². The summed E-state index contributed by atoms with van der Waals surface area (Å²) in [5.41, 5.74) is 0. The lowest BCUT2D eigenvalue weighted by Crippen LogP contribution is -2.51. The zero-order valence-electron chi connectivity index (χ0n) is 8.91. The van der Waals surface area contributed by atoms with Gasteiger partial charge in [0.15, 0.2) is 0 Å². The van der Waals surface area contributed by atoms with E-state index in [0.717, 1.165) is 32.3 Å². The lowest BCUT2D eigenvalue weighted by molar-refractivity contribution is -0.0161. The molecule has 0 radical (unpaired) electrons. The average molecular weight is 199 g/mol. The molecular weight excluding hydrogens is 178 g/mol. The Hall–Kier alpha value is -0.120. The first-order chi connectivity index (χ1) is 6.79. The van der Waals surface area contributed by atoms with Crippen LogP contribution in [0.3, 0.4) is 0 Å². The minimum absolute atomic E-state index is 0.110. The largest absolute Gasteiger partial charge is 0.392 e. The van der Waals surface area contributed by atoms with Gasteiger partial charge in [0.05, 0.1) is 12.2 Å². The van der Waals surface area contributed by atoms with Crippen LogP contribution in [0.4, 0.5) is 0 Å². The normalized spacial score (nSPS) is 42.4. The van der Waals surface area contributed by atoms with E-state index in [9.17, 15) is 5.11 Å². The molecule has 2 N–H and O–H groups in total. The summed E-state index contributed by atoms with van der Waals surface area (Å²) in [6.45, 7) is 2.87.